The summed E-state index contributed by atoms with van der Waals surface area (Å²) in [7, 11) is 0. The number of rotatable bonds is 5. The van der Waals surface area contributed by atoms with Crippen molar-refractivity contribution in [3.05, 3.63) is 0 Å². The van der Waals surface area contributed by atoms with Gasteiger partial charge in [-0.15, -0.1) is 0 Å². The molecule has 0 heterocycles. The molecule has 0 radical (unpaired) electrons. The van der Waals surface area contributed by atoms with E-state index in [1.165, 1.54) is 6.92 Å². The molecule has 0 fully saturated rings. The molecule has 0 spiro atoms. The monoisotopic (exact) mass is 217 g/mol. The highest BCUT2D eigenvalue weighted by Gasteiger charge is 2.22. The topological polar surface area (TPSA) is 38.3 Å². The molecule has 0 rings (SSSR count). The Bertz CT molecular complexity index is 214. The van der Waals surface area contributed by atoms with E-state index in [9.17, 15) is 4.79 Å². The first-order valence-corrected chi connectivity index (χ1v) is 5.22. The summed E-state index contributed by atoms with van der Waals surface area (Å²) < 4.78 is 5.36. The van der Waals surface area contributed by atoms with Crippen molar-refractivity contribution >= 4 is 23.2 Å². The number of hydrogen-bond donors (Lipinski definition) is 1. The third-order valence-corrected chi connectivity index (χ3v) is 2.82. The summed E-state index contributed by atoms with van der Waals surface area (Å²) >= 11 is 5.13. The van der Waals surface area contributed by atoms with Crippen LogP contribution in [0.1, 0.15) is 34.1 Å². The summed E-state index contributed by atoms with van der Waals surface area (Å²) in [5.74, 6) is -0.0470. The van der Waals surface area contributed by atoms with E-state index in [0.717, 1.165) is 6.42 Å². The smallest absolute Gasteiger partial charge is 0.216 e. The molecule has 82 valence electrons. The minimum Gasteiger partial charge on any atom is -0.485 e. The van der Waals surface area contributed by atoms with E-state index in [1.54, 1.807) is 0 Å². The summed E-state index contributed by atoms with van der Waals surface area (Å²) in [6, 6.07) is 0. The Labute approximate surface area is 91.2 Å². The lowest BCUT2D eigenvalue weighted by atomic mass is 9.91. The largest absolute Gasteiger partial charge is 0.485 e. The lowest BCUT2D eigenvalue weighted by Crippen LogP contribution is -2.29. The standard InChI is InChI=1S/C10H19NO2S/c1-5-10(3,4)9(14)13-7-6-11-8(2)12/h5-7H2,1-4H3,(H,11,12). The predicted molar refractivity (Wildman–Crippen MR) is 61.3 cm³/mol. The van der Waals surface area contributed by atoms with E-state index in [4.69, 9.17) is 17.0 Å². The molecule has 4 heteroatoms. The van der Waals surface area contributed by atoms with E-state index in [2.05, 4.69) is 12.2 Å². The molecule has 1 amide bonds. The SMILES string of the molecule is CCC(C)(C)C(=S)OCCNC(C)=O. The third kappa shape index (κ3) is 5.17. The summed E-state index contributed by atoms with van der Waals surface area (Å²) in [5.41, 5.74) is -0.0639. The zero-order valence-electron chi connectivity index (χ0n) is 9.35. The van der Waals surface area contributed by atoms with Gasteiger partial charge in [-0.05, 0) is 18.6 Å². The molecule has 0 aromatic carbocycles. The minimum absolute atomic E-state index is 0.0470. The normalized spacial score (nSPS) is 10.9. The quantitative estimate of drug-likeness (QED) is 0.564. The molecule has 14 heavy (non-hydrogen) atoms. The number of hydrogen-bond acceptors (Lipinski definition) is 3. The highest BCUT2D eigenvalue weighted by atomic mass is 32.1. The van der Waals surface area contributed by atoms with Crippen LogP contribution in [0.15, 0.2) is 0 Å². The average molecular weight is 217 g/mol. The van der Waals surface area contributed by atoms with Crippen molar-refractivity contribution < 1.29 is 9.53 Å². The van der Waals surface area contributed by atoms with Crippen LogP contribution in [0.25, 0.3) is 0 Å². The molecule has 0 aromatic rings. The summed E-state index contributed by atoms with van der Waals surface area (Å²) in [5, 5.41) is 3.26. The Kier molecular flexibility index (Phi) is 5.69. The Morgan fingerprint density at radius 3 is 2.50 bits per heavy atom. The average Bonchev–Trinajstić information content (AvgIpc) is 2.11. The van der Waals surface area contributed by atoms with E-state index in [1.807, 2.05) is 13.8 Å². The molecule has 0 saturated carbocycles. The van der Waals surface area contributed by atoms with Gasteiger partial charge in [0.1, 0.15) is 6.61 Å². The molecule has 0 unspecified atom stereocenters. The van der Waals surface area contributed by atoms with Crippen molar-refractivity contribution in [2.24, 2.45) is 5.41 Å². The van der Waals surface area contributed by atoms with Gasteiger partial charge in [-0.3, -0.25) is 4.79 Å². The van der Waals surface area contributed by atoms with E-state index < -0.39 is 0 Å². The number of amides is 1. The zero-order chi connectivity index (χ0) is 11.2. The second-order valence-electron chi connectivity index (χ2n) is 3.86. The van der Waals surface area contributed by atoms with Crippen LogP contribution in [0.3, 0.4) is 0 Å². The summed E-state index contributed by atoms with van der Waals surface area (Å²) in [4.78, 5) is 10.5. The fraction of sp³-hybridized carbons (Fsp3) is 0.800. The second-order valence-corrected chi connectivity index (χ2v) is 4.23. The zero-order valence-corrected chi connectivity index (χ0v) is 10.2. The molecule has 1 N–H and O–H groups in total. The van der Waals surface area contributed by atoms with E-state index in [0.29, 0.717) is 18.2 Å². The molecule has 0 atom stereocenters. The van der Waals surface area contributed by atoms with Crippen LogP contribution in [0.2, 0.25) is 0 Å². The lowest BCUT2D eigenvalue weighted by molar-refractivity contribution is -0.119. The van der Waals surface area contributed by atoms with Gasteiger partial charge in [-0.25, -0.2) is 0 Å². The van der Waals surface area contributed by atoms with Crippen molar-refractivity contribution in [3.8, 4) is 0 Å². The van der Waals surface area contributed by atoms with Gasteiger partial charge in [0.05, 0.1) is 6.54 Å². The highest BCUT2D eigenvalue weighted by Crippen LogP contribution is 2.22. The Balaban J connectivity index is 3.70. The molecule has 0 aliphatic rings. The first kappa shape index (κ1) is 13.4. The van der Waals surface area contributed by atoms with Crippen LogP contribution in [-0.2, 0) is 9.53 Å². The van der Waals surface area contributed by atoms with Crippen molar-refractivity contribution in [2.75, 3.05) is 13.2 Å². The van der Waals surface area contributed by atoms with E-state index in [-0.39, 0.29) is 11.3 Å². The maximum Gasteiger partial charge on any atom is 0.216 e. The summed E-state index contributed by atoms with van der Waals surface area (Å²) in [6.45, 7) is 8.61. The first-order valence-electron chi connectivity index (χ1n) is 4.82. The van der Waals surface area contributed by atoms with Gasteiger partial charge in [-0.1, -0.05) is 20.8 Å². The molecule has 0 aliphatic carbocycles. The van der Waals surface area contributed by atoms with Crippen LogP contribution in [0.4, 0.5) is 0 Å². The molecule has 0 saturated heterocycles. The Morgan fingerprint density at radius 2 is 2.07 bits per heavy atom. The number of nitrogens with one attached hydrogen (secondary N) is 1. The molecule has 0 bridgehead atoms. The number of thiocarbonyl (C=S) groups is 1. The fourth-order valence-electron chi connectivity index (χ4n) is 0.710. The van der Waals surface area contributed by atoms with Crippen LogP contribution < -0.4 is 5.32 Å². The van der Waals surface area contributed by atoms with Gasteiger partial charge in [0.2, 0.25) is 5.91 Å². The van der Waals surface area contributed by atoms with Crippen LogP contribution in [0.5, 0.6) is 0 Å². The minimum atomic E-state index is -0.0639. The fourth-order valence-corrected chi connectivity index (χ4v) is 0.938. The number of carbonyl (C=O) groups is 1. The maximum absolute atomic E-state index is 10.5. The second kappa shape index (κ2) is 5.96. The summed E-state index contributed by atoms with van der Waals surface area (Å²) in [6.07, 6.45) is 0.950. The third-order valence-electron chi connectivity index (χ3n) is 2.15. The van der Waals surface area contributed by atoms with Crippen molar-refractivity contribution in [1.82, 2.24) is 5.32 Å². The molecule has 0 aromatic heterocycles. The van der Waals surface area contributed by atoms with E-state index >= 15 is 0 Å². The van der Waals surface area contributed by atoms with Gasteiger partial charge in [0.25, 0.3) is 0 Å². The van der Waals surface area contributed by atoms with Gasteiger partial charge >= 0.3 is 0 Å². The Hall–Kier alpha value is -0.640. The molecular formula is C10H19NO2S. The van der Waals surface area contributed by atoms with Crippen molar-refractivity contribution in [1.29, 1.82) is 0 Å². The maximum atomic E-state index is 10.5. The van der Waals surface area contributed by atoms with Gasteiger partial charge < -0.3 is 10.1 Å². The Morgan fingerprint density at radius 1 is 1.50 bits per heavy atom. The van der Waals surface area contributed by atoms with Crippen LogP contribution >= 0.6 is 12.2 Å². The van der Waals surface area contributed by atoms with Crippen LogP contribution in [0, 0.1) is 5.41 Å². The number of ether oxygens (including phenoxy) is 1. The highest BCUT2D eigenvalue weighted by molar-refractivity contribution is 7.80. The lowest BCUT2D eigenvalue weighted by Gasteiger charge is -2.23. The van der Waals surface area contributed by atoms with Crippen LogP contribution in [-0.4, -0.2) is 24.1 Å². The van der Waals surface area contributed by atoms with Crippen molar-refractivity contribution in [3.63, 3.8) is 0 Å². The molecule has 0 aliphatic heterocycles. The molecule has 3 nitrogen and oxygen atoms in total. The van der Waals surface area contributed by atoms with Gasteiger partial charge in [-0.2, -0.15) is 0 Å². The number of carbonyl (C=O) groups excluding carboxylic acids is 1. The van der Waals surface area contributed by atoms with Crippen molar-refractivity contribution in [2.45, 2.75) is 34.1 Å². The molecular weight excluding hydrogens is 198 g/mol. The van der Waals surface area contributed by atoms with Gasteiger partial charge in [0.15, 0.2) is 5.05 Å². The predicted octanol–water partition coefficient (Wildman–Crippen LogP) is 1.90. The van der Waals surface area contributed by atoms with Gasteiger partial charge in [0, 0.05) is 12.3 Å². The first-order chi connectivity index (χ1) is 6.40.